The average Bonchev–Trinajstić information content (AvgIpc) is 2.84. The fourth-order valence-electron chi connectivity index (χ4n) is 8.13. The number of anilines is 2. The monoisotopic (exact) mass is 576 g/mol. The molecular weight excluding hydrogens is 520 g/mol. The third kappa shape index (κ3) is 6.80. The van der Waals surface area contributed by atoms with Gasteiger partial charge in [-0.05, 0) is 95.0 Å². The SMILES string of the molecule is CON1C(C)(C)CC(N(C)CN(c2nc(C)nc(N3CCOCC3)n2)C2CC(C)(C)N(OC)C(C)(C)C2)CC1(C)C. The second kappa shape index (κ2) is 11.8. The maximum atomic E-state index is 5.94. The first-order valence-electron chi connectivity index (χ1n) is 15.2. The Hall–Kier alpha value is -1.63. The number of hydrogen-bond acceptors (Lipinski definition) is 11. The van der Waals surface area contributed by atoms with Crippen molar-refractivity contribution in [1.29, 1.82) is 0 Å². The molecule has 0 atom stereocenters. The van der Waals surface area contributed by atoms with Crippen LogP contribution in [0.15, 0.2) is 0 Å². The van der Waals surface area contributed by atoms with Gasteiger partial charge in [-0.1, -0.05) is 0 Å². The highest BCUT2D eigenvalue weighted by molar-refractivity contribution is 5.41. The van der Waals surface area contributed by atoms with Gasteiger partial charge in [0.2, 0.25) is 11.9 Å². The van der Waals surface area contributed by atoms with Gasteiger partial charge in [0, 0.05) is 47.3 Å². The molecule has 1 aromatic rings. The second-order valence-electron chi connectivity index (χ2n) is 14.8. The number of morpholine rings is 1. The summed E-state index contributed by atoms with van der Waals surface area (Å²) in [6.07, 6.45) is 3.86. The van der Waals surface area contributed by atoms with Crippen molar-refractivity contribution in [3.8, 4) is 0 Å². The molecule has 3 fully saturated rings. The molecule has 3 aliphatic rings. The highest BCUT2D eigenvalue weighted by Gasteiger charge is 2.50. The minimum absolute atomic E-state index is 0.0959. The molecule has 3 aliphatic heterocycles. The molecule has 3 saturated heterocycles. The van der Waals surface area contributed by atoms with Gasteiger partial charge in [-0.15, -0.1) is 0 Å². The van der Waals surface area contributed by atoms with E-state index in [2.05, 4.69) is 87.3 Å². The number of ether oxygens (including phenoxy) is 1. The Labute approximate surface area is 248 Å². The summed E-state index contributed by atoms with van der Waals surface area (Å²) in [5.41, 5.74) is -0.523. The minimum atomic E-state index is -0.166. The van der Waals surface area contributed by atoms with Crippen LogP contribution >= 0.6 is 0 Å². The van der Waals surface area contributed by atoms with Crippen LogP contribution < -0.4 is 9.80 Å². The van der Waals surface area contributed by atoms with E-state index >= 15 is 0 Å². The van der Waals surface area contributed by atoms with Crippen LogP contribution in [0.3, 0.4) is 0 Å². The summed E-state index contributed by atoms with van der Waals surface area (Å²) in [6, 6.07) is 0.587. The van der Waals surface area contributed by atoms with Crippen molar-refractivity contribution in [1.82, 2.24) is 30.0 Å². The number of rotatable bonds is 8. The maximum Gasteiger partial charge on any atom is 0.231 e. The molecule has 4 heterocycles. The zero-order valence-corrected chi connectivity index (χ0v) is 27.8. The van der Waals surface area contributed by atoms with E-state index in [1.54, 1.807) is 14.2 Å². The summed E-state index contributed by atoms with van der Waals surface area (Å²) in [4.78, 5) is 33.8. The van der Waals surface area contributed by atoms with E-state index in [0.717, 1.165) is 63.2 Å². The fraction of sp³-hybridized carbons (Fsp3) is 0.900. The Morgan fingerprint density at radius 2 is 1.22 bits per heavy atom. The lowest BCUT2D eigenvalue weighted by molar-refractivity contribution is -0.272. The third-order valence-electron chi connectivity index (χ3n) is 9.22. The van der Waals surface area contributed by atoms with Crippen LogP contribution in [0.2, 0.25) is 0 Å². The zero-order valence-electron chi connectivity index (χ0n) is 27.8. The van der Waals surface area contributed by atoms with Crippen LogP contribution in [0.4, 0.5) is 11.9 Å². The Bertz CT molecular complexity index is 1010. The number of hydrogen-bond donors (Lipinski definition) is 0. The summed E-state index contributed by atoms with van der Waals surface area (Å²) in [5.74, 6) is 2.24. The van der Waals surface area contributed by atoms with Crippen molar-refractivity contribution < 1.29 is 14.4 Å². The fourth-order valence-corrected chi connectivity index (χ4v) is 8.13. The Morgan fingerprint density at radius 1 is 0.756 bits per heavy atom. The predicted octanol–water partition coefficient (Wildman–Crippen LogP) is 3.88. The first kappa shape index (κ1) is 32.3. The number of aromatic nitrogens is 3. The van der Waals surface area contributed by atoms with Gasteiger partial charge in [0.05, 0.1) is 34.1 Å². The summed E-state index contributed by atoms with van der Waals surface area (Å²) in [6.45, 7) is 23.9. The van der Waals surface area contributed by atoms with Gasteiger partial charge < -0.3 is 24.2 Å². The Morgan fingerprint density at radius 3 is 1.68 bits per heavy atom. The highest BCUT2D eigenvalue weighted by Crippen LogP contribution is 2.43. The Balaban J connectivity index is 1.70. The number of aryl methyl sites for hydroxylation is 1. The lowest BCUT2D eigenvalue weighted by atomic mass is 9.78. The van der Waals surface area contributed by atoms with Crippen LogP contribution in [0.25, 0.3) is 0 Å². The molecule has 4 rings (SSSR count). The lowest BCUT2D eigenvalue weighted by Crippen LogP contribution is -2.66. The van der Waals surface area contributed by atoms with Crippen LogP contribution in [0.1, 0.15) is 86.9 Å². The molecule has 11 heteroatoms. The molecule has 41 heavy (non-hydrogen) atoms. The highest BCUT2D eigenvalue weighted by atomic mass is 16.7. The maximum absolute atomic E-state index is 5.94. The number of nitrogens with zero attached hydrogens (tertiary/aromatic N) is 8. The molecule has 0 amide bonds. The largest absolute Gasteiger partial charge is 0.378 e. The molecule has 0 aliphatic carbocycles. The van der Waals surface area contributed by atoms with Crippen molar-refractivity contribution in [3.63, 3.8) is 0 Å². The molecule has 0 saturated carbocycles. The molecule has 1 aromatic heterocycles. The van der Waals surface area contributed by atoms with Crippen molar-refractivity contribution in [2.24, 2.45) is 0 Å². The first-order chi connectivity index (χ1) is 19.0. The summed E-state index contributed by atoms with van der Waals surface area (Å²) >= 11 is 0. The summed E-state index contributed by atoms with van der Waals surface area (Å²) in [7, 11) is 5.83. The van der Waals surface area contributed by atoms with Gasteiger partial charge in [0.25, 0.3) is 0 Å². The van der Waals surface area contributed by atoms with Gasteiger partial charge in [-0.3, -0.25) is 4.90 Å². The summed E-state index contributed by atoms with van der Waals surface area (Å²) < 4.78 is 5.60. The van der Waals surface area contributed by atoms with E-state index in [0.29, 0.717) is 19.3 Å². The van der Waals surface area contributed by atoms with E-state index in [4.69, 9.17) is 29.4 Å². The quantitative estimate of drug-likeness (QED) is 0.423. The molecule has 0 unspecified atom stereocenters. The molecule has 0 aromatic carbocycles. The standard InChI is InChI=1S/C30H56N8O3/c1-22-31-25(35-13-15-41-16-14-35)33-26(32-22)36(24-19-29(6,7)38(40-12)30(8,9)20-24)21-34(10)23-17-27(2,3)37(39-11)28(4,5)18-23/h23-24H,13-21H2,1-12H3. The topological polar surface area (TPSA) is 82.6 Å². The molecule has 234 valence electrons. The second-order valence-corrected chi connectivity index (χ2v) is 14.8. The van der Waals surface area contributed by atoms with Crippen molar-refractivity contribution in [2.75, 3.05) is 64.0 Å². The summed E-state index contributed by atoms with van der Waals surface area (Å²) in [5, 5.41) is 4.35. The average molecular weight is 577 g/mol. The van der Waals surface area contributed by atoms with Gasteiger partial charge >= 0.3 is 0 Å². The molecular formula is C30H56N8O3. The van der Waals surface area contributed by atoms with Gasteiger partial charge in [0.1, 0.15) is 5.82 Å². The minimum Gasteiger partial charge on any atom is -0.378 e. The third-order valence-corrected chi connectivity index (χ3v) is 9.22. The van der Waals surface area contributed by atoms with Gasteiger partial charge in [-0.25, -0.2) is 0 Å². The van der Waals surface area contributed by atoms with Crippen molar-refractivity contribution in [3.05, 3.63) is 5.82 Å². The van der Waals surface area contributed by atoms with Crippen LogP contribution in [-0.2, 0) is 14.4 Å². The van der Waals surface area contributed by atoms with Crippen molar-refractivity contribution >= 4 is 11.9 Å². The van der Waals surface area contributed by atoms with Gasteiger partial charge in [0.15, 0.2) is 0 Å². The van der Waals surface area contributed by atoms with E-state index < -0.39 is 0 Å². The Kier molecular flexibility index (Phi) is 9.30. The number of hydroxylamine groups is 4. The molecule has 0 bridgehead atoms. The van der Waals surface area contributed by atoms with Gasteiger partial charge in [-0.2, -0.15) is 25.1 Å². The van der Waals surface area contributed by atoms with Crippen LogP contribution in [0.5, 0.6) is 0 Å². The number of piperidine rings is 2. The van der Waals surface area contributed by atoms with Crippen LogP contribution in [0, 0.1) is 6.92 Å². The van der Waals surface area contributed by atoms with Crippen molar-refractivity contribution in [2.45, 2.75) is 122 Å². The molecule has 0 radical (unpaired) electrons. The smallest absolute Gasteiger partial charge is 0.231 e. The van der Waals surface area contributed by atoms with Crippen LogP contribution in [-0.4, -0.2) is 118 Å². The molecule has 11 nitrogen and oxygen atoms in total. The first-order valence-corrected chi connectivity index (χ1v) is 15.2. The molecule has 0 spiro atoms. The van der Waals surface area contributed by atoms with E-state index in [-0.39, 0.29) is 28.2 Å². The lowest BCUT2D eigenvalue weighted by Gasteiger charge is -2.57. The normalized spacial score (nSPS) is 25.5. The zero-order chi connectivity index (χ0) is 30.4. The predicted molar refractivity (Wildman–Crippen MR) is 163 cm³/mol. The van der Waals surface area contributed by atoms with E-state index in [9.17, 15) is 0 Å². The van der Waals surface area contributed by atoms with E-state index in [1.165, 1.54) is 0 Å². The molecule has 0 N–H and O–H groups in total. The van der Waals surface area contributed by atoms with E-state index in [1.807, 2.05) is 6.92 Å².